The summed E-state index contributed by atoms with van der Waals surface area (Å²) in [6.07, 6.45) is -3.86. The molecule has 2 aliphatic heterocycles. The molecule has 6 unspecified atom stereocenters. The molecule has 0 radical (unpaired) electrons. The van der Waals surface area contributed by atoms with Crippen molar-refractivity contribution < 1.29 is 32.3 Å². The maximum absolute atomic E-state index is 14.1. The summed E-state index contributed by atoms with van der Waals surface area (Å²) in [4.78, 5) is 58.5. The van der Waals surface area contributed by atoms with Crippen LogP contribution < -0.4 is 19.8 Å². The van der Waals surface area contributed by atoms with Gasteiger partial charge in [0.2, 0.25) is 11.8 Å². The molecule has 1 saturated heterocycles. The average Bonchev–Trinajstić information content (AvgIpc) is 3.79. The van der Waals surface area contributed by atoms with Crippen molar-refractivity contribution >= 4 is 84.1 Å². The molecule has 4 aliphatic rings. The highest BCUT2D eigenvalue weighted by molar-refractivity contribution is 9.10. The molecular formula is C34H24Br2F3N3O5S2. The lowest BCUT2D eigenvalue weighted by atomic mass is 9.68. The number of ether oxygens (including phenoxy) is 1. The second-order valence-electron chi connectivity index (χ2n) is 12.5. The number of H-pyrrole nitrogens is 1. The van der Waals surface area contributed by atoms with E-state index in [1.165, 1.54) is 17.0 Å². The van der Waals surface area contributed by atoms with E-state index in [1.54, 1.807) is 48.2 Å². The molecule has 2 saturated carbocycles. The number of halogens is 5. The number of thiazole rings is 1. The number of imide groups is 1. The molecule has 7 atom stereocenters. The monoisotopic (exact) mass is 833 g/mol. The summed E-state index contributed by atoms with van der Waals surface area (Å²) in [5, 5.41) is 3.13. The lowest BCUT2D eigenvalue weighted by molar-refractivity contribution is -0.137. The van der Waals surface area contributed by atoms with Crippen LogP contribution >= 0.6 is 55.0 Å². The van der Waals surface area contributed by atoms with E-state index in [9.17, 15) is 32.3 Å². The molecule has 2 N–H and O–H groups in total. The third-order valence-electron chi connectivity index (χ3n) is 9.95. The number of aromatic nitrogens is 1. The Hall–Kier alpha value is -3.40. The smallest absolute Gasteiger partial charge is 0.416 e. The standard InChI is InChI=1S/C34H24Br2F3N3O5S2/c35-15-4-7-18(8-5-15)42-31(44)26-20-12-21(27(26)32(42)45)28-25(20)24(29-30(48-28)41-33(46)49-29)19-11-16(36)6-9-22(19)47-13-23(43)40-17-3-1-2-14(10-17)34(37,38)39/h1-11,20-21,24-28H,12-13H2,(H,40,43)(H,41,46)/t20?,21?,24-,25?,26?,27?,28?/m1/s1. The largest absolute Gasteiger partial charge is 0.483 e. The molecule has 2 bridgehead atoms. The Labute approximate surface area is 302 Å². The lowest BCUT2D eigenvalue weighted by Crippen LogP contribution is -2.42. The molecule has 8 rings (SSSR count). The van der Waals surface area contributed by atoms with Gasteiger partial charge in [-0.25, -0.2) is 0 Å². The Morgan fingerprint density at radius 3 is 2.41 bits per heavy atom. The Morgan fingerprint density at radius 1 is 0.959 bits per heavy atom. The molecule has 15 heteroatoms. The molecule has 3 heterocycles. The number of nitrogens with one attached hydrogen (secondary N) is 2. The number of aromatic amines is 1. The van der Waals surface area contributed by atoms with Gasteiger partial charge in [0.05, 0.1) is 28.1 Å². The first-order valence-corrected chi connectivity index (χ1v) is 18.6. The number of nitrogens with zero attached hydrogens (tertiary/aromatic N) is 1. The maximum atomic E-state index is 14.1. The summed E-state index contributed by atoms with van der Waals surface area (Å²) in [7, 11) is 0. The van der Waals surface area contributed by atoms with Crippen molar-refractivity contribution in [1.82, 2.24) is 4.98 Å². The number of amides is 3. The predicted molar refractivity (Wildman–Crippen MR) is 185 cm³/mol. The average molecular weight is 836 g/mol. The first-order chi connectivity index (χ1) is 23.4. The van der Waals surface area contributed by atoms with Gasteiger partial charge >= 0.3 is 11.0 Å². The molecule has 0 spiro atoms. The fourth-order valence-electron chi connectivity index (χ4n) is 8.22. The van der Waals surface area contributed by atoms with Crippen LogP contribution in [0.15, 0.2) is 85.5 Å². The zero-order valence-electron chi connectivity index (χ0n) is 25.0. The fourth-order valence-corrected chi connectivity index (χ4v) is 11.7. The topological polar surface area (TPSA) is 109 Å². The number of carbonyl (C=O) groups is 3. The van der Waals surface area contributed by atoms with Crippen molar-refractivity contribution in [2.45, 2.75) is 28.8 Å². The molecule has 3 amide bonds. The van der Waals surface area contributed by atoms with Crippen molar-refractivity contribution in [2.75, 3.05) is 16.8 Å². The summed E-state index contributed by atoms with van der Waals surface area (Å²) in [6.45, 7) is -0.484. The summed E-state index contributed by atoms with van der Waals surface area (Å²) in [5.41, 5.74) is 0.341. The number of carbonyl (C=O) groups excluding carboxylic acids is 3. The van der Waals surface area contributed by atoms with Crippen LogP contribution in [0.4, 0.5) is 24.5 Å². The third kappa shape index (κ3) is 5.56. The Morgan fingerprint density at radius 2 is 1.67 bits per heavy atom. The summed E-state index contributed by atoms with van der Waals surface area (Å²) >= 11 is 9.64. The van der Waals surface area contributed by atoms with E-state index in [0.717, 1.165) is 42.3 Å². The number of hydrogen-bond acceptors (Lipinski definition) is 7. The van der Waals surface area contributed by atoms with Gasteiger partial charge in [0.25, 0.3) is 5.91 Å². The van der Waals surface area contributed by atoms with Crippen LogP contribution in [-0.4, -0.2) is 34.6 Å². The van der Waals surface area contributed by atoms with Crippen molar-refractivity contribution in [2.24, 2.45) is 29.6 Å². The van der Waals surface area contributed by atoms with E-state index < -0.39 is 36.1 Å². The minimum Gasteiger partial charge on any atom is -0.483 e. The molecule has 49 heavy (non-hydrogen) atoms. The first kappa shape index (κ1) is 32.8. The highest BCUT2D eigenvalue weighted by atomic mass is 79.9. The van der Waals surface area contributed by atoms with Crippen molar-refractivity contribution in [3.63, 3.8) is 0 Å². The van der Waals surface area contributed by atoms with Crippen LogP contribution in [0.3, 0.4) is 0 Å². The molecular weight excluding hydrogens is 811 g/mol. The number of anilines is 2. The molecule has 3 fully saturated rings. The molecule has 252 valence electrons. The SMILES string of the molecule is O=C(COc1ccc(Br)cc1[C@H]1c2sc(=O)[nH]c2SC2C3CC(C4C(=O)N(c5ccc(Br)cc5)C(=O)C34)C21)Nc1cccc(C(F)(F)F)c1. The number of hydrogen-bond donors (Lipinski definition) is 2. The summed E-state index contributed by atoms with van der Waals surface area (Å²) in [5.74, 6) is -2.38. The summed E-state index contributed by atoms with van der Waals surface area (Å²) < 4.78 is 47.2. The highest BCUT2D eigenvalue weighted by Crippen LogP contribution is 2.69. The number of fused-ring (bicyclic) bond motifs is 9. The summed E-state index contributed by atoms with van der Waals surface area (Å²) in [6, 6.07) is 16.8. The van der Waals surface area contributed by atoms with Crippen molar-refractivity contribution in [1.29, 1.82) is 0 Å². The van der Waals surface area contributed by atoms with Gasteiger partial charge in [-0.2, -0.15) is 13.2 Å². The third-order valence-corrected chi connectivity index (χ3v) is 13.6. The second kappa shape index (κ2) is 12.1. The quantitative estimate of drug-likeness (QED) is 0.193. The van der Waals surface area contributed by atoms with Gasteiger partial charge in [-0.3, -0.25) is 24.1 Å². The van der Waals surface area contributed by atoms with Gasteiger partial charge in [-0.05, 0) is 84.8 Å². The first-order valence-electron chi connectivity index (χ1n) is 15.3. The number of thioether (sulfide) groups is 1. The normalized spacial score (nSPS) is 26.8. The highest BCUT2D eigenvalue weighted by Gasteiger charge is 2.70. The van der Waals surface area contributed by atoms with Crippen LogP contribution in [0.2, 0.25) is 0 Å². The molecule has 4 aromatic rings. The molecule has 1 aromatic heterocycles. The van der Waals surface area contributed by atoms with E-state index in [1.807, 2.05) is 6.07 Å². The minimum absolute atomic E-state index is 0.0159. The van der Waals surface area contributed by atoms with E-state index in [-0.39, 0.29) is 51.3 Å². The fraction of sp³-hybridized carbons (Fsp3) is 0.294. The number of benzene rings is 3. The Bertz CT molecular complexity index is 2090. The van der Waals surface area contributed by atoms with E-state index in [2.05, 4.69) is 42.2 Å². The molecule has 3 aromatic carbocycles. The Balaban J connectivity index is 1.11. The van der Waals surface area contributed by atoms with Gasteiger partial charge in [0.1, 0.15) is 5.75 Å². The molecule has 2 aliphatic carbocycles. The minimum atomic E-state index is -4.56. The lowest BCUT2D eigenvalue weighted by Gasteiger charge is -2.43. The van der Waals surface area contributed by atoms with E-state index >= 15 is 0 Å². The van der Waals surface area contributed by atoms with Crippen LogP contribution in [0.5, 0.6) is 5.75 Å². The van der Waals surface area contributed by atoms with Gasteiger partial charge in [0, 0.05) is 36.2 Å². The van der Waals surface area contributed by atoms with Crippen LogP contribution in [0.25, 0.3) is 0 Å². The second-order valence-corrected chi connectivity index (χ2v) is 16.6. The molecule has 8 nitrogen and oxygen atoms in total. The number of alkyl halides is 3. The van der Waals surface area contributed by atoms with Crippen molar-refractivity contribution in [3.8, 4) is 5.75 Å². The van der Waals surface area contributed by atoms with Crippen LogP contribution in [0.1, 0.15) is 28.3 Å². The van der Waals surface area contributed by atoms with Gasteiger partial charge in [0.15, 0.2) is 6.61 Å². The van der Waals surface area contributed by atoms with E-state index in [0.29, 0.717) is 23.4 Å². The predicted octanol–water partition coefficient (Wildman–Crippen LogP) is 7.68. The zero-order chi connectivity index (χ0) is 34.4. The van der Waals surface area contributed by atoms with Gasteiger partial charge in [-0.1, -0.05) is 49.3 Å². The maximum Gasteiger partial charge on any atom is 0.416 e. The Kier molecular flexibility index (Phi) is 8.12. The van der Waals surface area contributed by atoms with Crippen LogP contribution in [-0.2, 0) is 20.6 Å². The van der Waals surface area contributed by atoms with Crippen LogP contribution in [0, 0.1) is 29.6 Å². The van der Waals surface area contributed by atoms with Crippen molar-refractivity contribution in [3.05, 3.63) is 101 Å². The van der Waals surface area contributed by atoms with E-state index in [4.69, 9.17) is 4.74 Å². The van der Waals surface area contributed by atoms with Gasteiger partial charge in [-0.15, -0.1) is 11.8 Å². The zero-order valence-corrected chi connectivity index (χ0v) is 29.8. The van der Waals surface area contributed by atoms with Gasteiger partial charge < -0.3 is 15.0 Å². The number of rotatable bonds is 6.